The zero-order valence-corrected chi connectivity index (χ0v) is 25.7. The molecule has 0 saturated heterocycles. The van der Waals surface area contributed by atoms with E-state index in [-0.39, 0.29) is 0 Å². The summed E-state index contributed by atoms with van der Waals surface area (Å²) in [6.45, 7) is 15.6. The van der Waals surface area contributed by atoms with Gasteiger partial charge in [0.05, 0.1) is 0 Å². The number of rotatable bonds is 14. The summed E-state index contributed by atoms with van der Waals surface area (Å²) in [6.07, 6.45) is 0. The van der Waals surface area contributed by atoms with E-state index in [2.05, 4.69) is 0 Å². The fourth-order valence-electron chi connectivity index (χ4n) is 2.55. The van der Waals surface area contributed by atoms with E-state index in [1.807, 2.05) is 52.4 Å². The van der Waals surface area contributed by atoms with E-state index in [1.165, 1.54) is 0 Å². The van der Waals surface area contributed by atoms with E-state index in [4.69, 9.17) is 16.5 Å². The highest BCUT2D eigenvalue weighted by molar-refractivity contribution is 6.84. The van der Waals surface area contributed by atoms with Crippen LogP contribution in [0.15, 0.2) is 0 Å². The quantitative estimate of drug-likeness (QED) is 0.247. The van der Waals surface area contributed by atoms with Gasteiger partial charge in [0.15, 0.2) is 34.7 Å². The Morgan fingerprint density at radius 2 is 0.963 bits per heavy atom. The maximum absolute atomic E-state index is 10.4. The Labute approximate surface area is 174 Å². The van der Waals surface area contributed by atoms with Crippen molar-refractivity contribution >= 4 is 62.3 Å². The van der Waals surface area contributed by atoms with Crippen LogP contribution in [0.3, 0.4) is 0 Å². The summed E-state index contributed by atoms with van der Waals surface area (Å²) in [6, 6.07) is 2.29. The van der Waals surface area contributed by atoms with Gasteiger partial charge in [0.2, 0.25) is 0 Å². The minimum Gasteiger partial charge on any atom is -0.441 e. The number of hydrogen-bond acceptors (Lipinski definition) is 8. The van der Waals surface area contributed by atoms with E-state index in [1.54, 1.807) is 0 Å². The average Bonchev–Trinajstić information content (AvgIpc) is 2.39. The summed E-state index contributed by atoms with van der Waals surface area (Å²) in [5.41, 5.74) is 0. The predicted molar refractivity (Wildman–Crippen MR) is 125 cm³/mol. The lowest BCUT2D eigenvalue weighted by atomic mass is 10.9. The molecule has 0 heterocycles. The summed E-state index contributed by atoms with van der Waals surface area (Å²) < 4.78 is 22.5. The van der Waals surface area contributed by atoms with Gasteiger partial charge in [-0.15, -0.1) is 0 Å². The van der Waals surface area contributed by atoms with Crippen molar-refractivity contribution in [2.45, 2.75) is 76.6 Å². The molecule has 0 fully saturated rings. The second-order valence-corrected chi connectivity index (χ2v) is 28.7. The molecule has 0 saturated carbocycles. The first-order valence-corrected chi connectivity index (χ1v) is 26.7. The molecule has 0 aromatic carbocycles. The van der Waals surface area contributed by atoms with Gasteiger partial charge in [-0.05, 0) is 76.6 Å². The van der Waals surface area contributed by atoms with Crippen molar-refractivity contribution in [3.63, 3.8) is 0 Å². The second kappa shape index (κ2) is 12.1. The maximum atomic E-state index is 10.4. The van der Waals surface area contributed by atoms with Crippen molar-refractivity contribution in [3.8, 4) is 0 Å². The number of hydrogen-bond donors (Lipinski definition) is 4. The highest BCUT2D eigenvalue weighted by Crippen LogP contribution is 2.24. The van der Waals surface area contributed by atoms with Gasteiger partial charge < -0.3 is 35.6 Å². The Kier molecular flexibility index (Phi) is 12.7. The van der Waals surface area contributed by atoms with Crippen molar-refractivity contribution in [1.29, 1.82) is 0 Å². The summed E-state index contributed by atoms with van der Waals surface area (Å²) in [5, 5.41) is 0. The Hall–Kier alpha value is 1.20. The van der Waals surface area contributed by atoms with Crippen LogP contribution in [0.25, 0.3) is 0 Å². The smallest absolute Gasteiger partial charge is 0.441 e. The molecular weight excluding hydrogens is 469 g/mol. The minimum absolute atomic E-state index is 0.546. The third-order valence-corrected chi connectivity index (χ3v) is 22.8. The highest BCUT2D eigenvalue weighted by atomic mass is 28.5. The fourth-order valence-corrected chi connectivity index (χ4v) is 23.3. The van der Waals surface area contributed by atoms with Crippen LogP contribution in [0.1, 0.15) is 0 Å². The third kappa shape index (κ3) is 15.7. The molecule has 27 heavy (non-hydrogen) atoms. The Morgan fingerprint density at radius 1 is 0.667 bits per heavy atom. The van der Waals surface area contributed by atoms with E-state index in [0.717, 1.165) is 0 Å². The second-order valence-electron chi connectivity index (χ2n) is 8.63. The summed E-state index contributed by atoms with van der Waals surface area (Å²) in [5.74, 6) is 0. The van der Waals surface area contributed by atoms with Crippen LogP contribution in [-0.4, -0.2) is 81.5 Å². The molecule has 0 aliphatic carbocycles. The van der Waals surface area contributed by atoms with Gasteiger partial charge in [-0.3, -0.25) is 0 Å². The van der Waals surface area contributed by atoms with Gasteiger partial charge in [-0.25, -0.2) is 0 Å². The van der Waals surface area contributed by atoms with E-state index >= 15 is 0 Å². The molecule has 0 amide bonds. The molecule has 0 radical (unpaired) electrons. The minimum atomic E-state index is -4.26. The first-order chi connectivity index (χ1) is 12.0. The monoisotopic (exact) mass is 508 g/mol. The normalized spacial score (nSPS) is 16.2. The molecule has 0 bridgehead atoms. The van der Waals surface area contributed by atoms with Crippen molar-refractivity contribution in [2.24, 2.45) is 0 Å². The van der Waals surface area contributed by atoms with Crippen molar-refractivity contribution < 1.29 is 35.6 Å². The summed E-state index contributed by atoms with van der Waals surface area (Å²) in [4.78, 5) is 40.8. The largest absolute Gasteiger partial charge is 0.652 e. The van der Waals surface area contributed by atoms with Crippen LogP contribution >= 0.6 is 0 Å². The first-order valence-electron chi connectivity index (χ1n) is 9.56. The molecule has 0 aliphatic heterocycles. The van der Waals surface area contributed by atoms with E-state index < -0.39 is 62.3 Å². The summed E-state index contributed by atoms with van der Waals surface area (Å²) in [7, 11) is -16.0. The SMILES string of the molecule is C[SiH](C)O[SiH](O)CC[Si](C)(C)O[Si](O)(O)O[Si](C)(C)CC[SiH](O)O[SiH](C)C. The Morgan fingerprint density at radius 3 is 1.22 bits per heavy atom. The Bertz CT molecular complexity index is 389. The van der Waals surface area contributed by atoms with Crippen molar-refractivity contribution in [2.75, 3.05) is 0 Å². The molecule has 2 unspecified atom stereocenters. The van der Waals surface area contributed by atoms with Gasteiger partial charge in [0, 0.05) is 0 Å². The van der Waals surface area contributed by atoms with Crippen molar-refractivity contribution in [3.05, 3.63) is 0 Å². The van der Waals surface area contributed by atoms with E-state index in [9.17, 15) is 19.2 Å². The van der Waals surface area contributed by atoms with Crippen LogP contribution in [0.2, 0.25) is 76.6 Å². The molecule has 0 aliphatic rings. The lowest BCUT2D eigenvalue weighted by Crippen LogP contribution is -2.57. The summed E-state index contributed by atoms with van der Waals surface area (Å²) >= 11 is 0. The van der Waals surface area contributed by atoms with E-state index in [0.29, 0.717) is 24.2 Å². The lowest BCUT2D eigenvalue weighted by molar-refractivity contribution is 0.131. The molecule has 4 N–H and O–H groups in total. The standard InChI is InChI=1S/C12H40O8Si7/c1-21(2)17-23(13)9-11-25(5,6)19-27(15,16)20-26(7,8)12-10-24(14)18-22(3)4/h13-16,21-24H,9-12H2,1-8H3. The maximum Gasteiger partial charge on any atom is 0.652 e. The zero-order valence-electron chi connectivity index (χ0n) is 18.1. The van der Waals surface area contributed by atoms with Crippen LogP contribution in [-0.2, 0) is 16.5 Å². The molecule has 0 aromatic rings. The van der Waals surface area contributed by atoms with Gasteiger partial charge in [-0.1, -0.05) is 0 Å². The van der Waals surface area contributed by atoms with Crippen LogP contribution in [0.4, 0.5) is 0 Å². The molecular formula is C12H40O8Si7. The van der Waals surface area contributed by atoms with Gasteiger partial charge in [0.25, 0.3) is 0 Å². The predicted octanol–water partition coefficient (Wildman–Crippen LogP) is 0.276. The van der Waals surface area contributed by atoms with Gasteiger partial charge in [0.1, 0.15) is 0 Å². The van der Waals surface area contributed by atoms with Crippen molar-refractivity contribution in [1.82, 2.24) is 0 Å². The fraction of sp³-hybridized carbons (Fsp3) is 1.00. The van der Waals surface area contributed by atoms with Crippen LogP contribution in [0.5, 0.6) is 0 Å². The van der Waals surface area contributed by atoms with Crippen LogP contribution in [0, 0.1) is 0 Å². The van der Waals surface area contributed by atoms with Gasteiger partial charge in [-0.2, -0.15) is 0 Å². The molecule has 8 nitrogen and oxygen atoms in total. The third-order valence-electron chi connectivity index (χ3n) is 3.66. The van der Waals surface area contributed by atoms with Crippen LogP contribution < -0.4 is 0 Å². The molecule has 0 spiro atoms. The molecule has 0 rings (SSSR count). The first kappa shape index (κ1) is 28.2. The highest BCUT2D eigenvalue weighted by Gasteiger charge is 2.47. The van der Waals surface area contributed by atoms with Gasteiger partial charge >= 0.3 is 27.6 Å². The Balaban J connectivity index is 4.56. The molecule has 15 heteroatoms. The zero-order chi connectivity index (χ0) is 21.5. The molecule has 0 aromatic heterocycles. The average molecular weight is 509 g/mol. The molecule has 164 valence electrons. The lowest BCUT2D eigenvalue weighted by Gasteiger charge is -2.34. The topological polar surface area (TPSA) is 118 Å². The molecule has 2 atom stereocenters.